The standard InChI is InChI=1S/C11H14F3N3/c1-8-6-10(17-4-2-15-3-5-17)16-7-9(8)11(12,13)14/h6-7,15H,2-5H2,1H3. The van der Waals surface area contributed by atoms with Crippen molar-refractivity contribution in [2.45, 2.75) is 13.1 Å². The van der Waals surface area contributed by atoms with Crippen LogP contribution in [0.1, 0.15) is 11.1 Å². The summed E-state index contributed by atoms with van der Waals surface area (Å²) in [5.74, 6) is 0.622. The fourth-order valence-electron chi connectivity index (χ4n) is 1.90. The Labute approximate surface area is 97.6 Å². The Kier molecular flexibility index (Phi) is 3.24. The van der Waals surface area contributed by atoms with E-state index in [2.05, 4.69) is 10.3 Å². The van der Waals surface area contributed by atoms with Gasteiger partial charge < -0.3 is 10.2 Å². The van der Waals surface area contributed by atoms with Crippen LogP contribution in [0, 0.1) is 6.92 Å². The van der Waals surface area contributed by atoms with Crippen molar-refractivity contribution < 1.29 is 13.2 Å². The van der Waals surface area contributed by atoms with Crippen LogP contribution < -0.4 is 10.2 Å². The van der Waals surface area contributed by atoms with Crippen LogP contribution in [-0.4, -0.2) is 31.2 Å². The predicted octanol–water partition coefficient (Wildman–Crippen LogP) is 1.82. The summed E-state index contributed by atoms with van der Waals surface area (Å²) < 4.78 is 37.7. The largest absolute Gasteiger partial charge is 0.418 e. The quantitative estimate of drug-likeness (QED) is 0.818. The monoisotopic (exact) mass is 245 g/mol. The number of halogens is 3. The third kappa shape index (κ3) is 2.69. The lowest BCUT2D eigenvalue weighted by Crippen LogP contribution is -2.43. The van der Waals surface area contributed by atoms with Gasteiger partial charge in [-0.05, 0) is 18.6 Å². The Balaban J connectivity index is 2.24. The van der Waals surface area contributed by atoms with E-state index in [1.165, 1.54) is 13.0 Å². The first-order valence-corrected chi connectivity index (χ1v) is 5.48. The molecule has 0 spiro atoms. The minimum Gasteiger partial charge on any atom is -0.354 e. The van der Waals surface area contributed by atoms with Gasteiger partial charge >= 0.3 is 6.18 Å². The maximum absolute atomic E-state index is 12.6. The molecule has 1 aromatic rings. The molecule has 0 aliphatic carbocycles. The molecule has 1 aliphatic rings. The molecule has 1 aromatic heterocycles. The molecule has 1 aliphatic heterocycles. The third-order valence-corrected chi connectivity index (χ3v) is 2.84. The molecule has 6 heteroatoms. The number of alkyl halides is 3. The number of piperazine rings is 1. The van der Waals surface area contributed by atoms with Gasteiger partial charge in [0.2, 0.25) is 0 Å². The smallest absolute Gasteiger partial charge is 0.354 e. The topological polar surface area (TPSA) is 28.2 Å². The number of nitrogens with one attached hydrogen (secondary N) is 1. The highest BCUT2D eigenvalue weighted by atomic mass is 19.4. The molecule has 0 saturated carbocycles. The van der Waals surface area contributed by atoms with Crippen LogP contribution in [0.4, 0.5) is 19.0 Å². The molecule has 0 atom stereocenters. The number of anilines is 1. The summed E-state index contributed by atoms with van der Waals surface area (Å²) in [6, 6.07) is 1.51. The summed E-state index contributed by atoms with van der Waals surface area (Å²) in [6.07, 6.45) is -3.40. The summed E-state index contributed by atoms with van der Waals surface area (Å²) in [7, 11) is 0. The number of aryl methyl sites for hydroxylation is 1. The van der Waals surface area contributed by atoms with E-state index in [9.17, 15) is 13.2 Å². The van der Waals surface area contributed by atoms with E-state index in [-0.39, 0.29) is 5.56 Å². The Hall–Kier alpha value is -1.30. The Morgan fingerprint density at radius 3 is 2.47 bits per heavy atom. The number of nitrogens with zero attached hydrogens (tertiary/aromatic N) is 2. The predicted molar refractivity (Wildman–Crippen MR) is 59.1 cm³/mol. The Bertz CT molecular complexity index is 397. The van der Waals surface area contributed by atoms with Crippen molar-refractivity contribution in [1.29, 1.82) is 0 Å². The van der Waals surface area contributed by atoms with Gasteiger partial charge in [0.25, 0.3) is 0 Å². The molecule has 3 nitrogen and oxygen atoms in total. The van der Waals surface area contributed by atoms with Crippen LogP contribution in [0.2, 0.25) is 0 Å². The second kappa shape index (κ2) is 4.52. The van der Waals surface area contributed by atoms with E-state index < -0.39 is 11.7 Å². The maximum Gasteiger partial charge on any atom is 0.418 e. The first-order chi connectivity index (χ1) is 7.98. The van der Waals surface area contributed by atoms with Gasteiger partial charge in [-0.1, -0.05) is 0 Å². The van der Waals surface area contributed by atoms with Crippen molar-refractivity contribution >= 4 is 5.82 Å². The molecule has 94 valence electrons. The molecule has 17 heavy (non-hydrogen) atoms. The summed E-state index contributed by atoms with van der Waals surface area (Å²) in [4.78, 5) is 5.90. The van der Waals surface area contributed by atoms with E-state index in [0.717, 1.165) is 32.4 Å². The van der Waals surface area contributed by atoms with Crippen LogP contribution in [-0.2, 0) is 6.18 Å². The van der Waals surface area contributed by atoms with Crippen LogP contribution in [0.15, 0.2) is 12.3 Å². The fraction of sp³-hybridized carbons (Fsp3) is 0.545. The molecule has 2 rings (SSSR count). The lowest BCUT2D eigenvalue weighted by atomic mass is 10.1. The zero-order valence-electron chi connectivity index (χ0n) is 9.51. The third-order valence-electron chi connectivity index (χ3n) is 2.84. The summed E-state index contributed by atoms with van der Waals surface area (Å²) >= 11 is 0. The van der Waals surface area contributed by atoms with E-state index in [1.807, 2.05) is 4.90 Å². The summed E-state index contributed by atoms with van der Waals surface area (Å²) in [5, 5.41) is 3.19. The molecule has 1 fully saturated rings. The minimum absolute atomic E-state index is 0.223. The zero-order valence-corrected chi connectivity index (χ0v) is 9.51. The van der Waals surface area contributed by atoms with Crippen molar-refractivity contribution in [3.05, 3.63) is 23.4 Å². The summed E-state index contributed by atoms with van der Waals surface area (Å²) in [5.41, 5.74) is -0.433. The van der Waals surface area contributed by atoms with Gasteiger partial charge in [-0.25, -0.2) is 4.98 Å². The molecule has 0 aromatic carbocycles. The van der Waals surface area contributed by atoms with Crippen LogP contribution in [0.5, 0.6) is 0 Å². The van der Waals surface area contributed by atoms with E-state index in [0.29, 0.717) is 5.82 Å². The van der Waals surface area contributed by atoms with Crippen LogP contribution in [0.3, 0.4) is 0 Å². The van der Waals surface area contributed by atoms with E-state index in [1.54, 1.807) is 0 Å². The average Bonchev–Trinajstić information content (AvgIpc) is 2.28. The Morgan fingerprint density at radius 1 is 1.29 bits per heavy atom. The van der Waals surface area contributed by atoms with Crippen molar-refractivity contribution in [3.63, 3.8) is 0 Å². The SMILES string of the molecule is Cc1cc(N2CCNCC2)ncc1C(F)(F)F. The van der Waals surface area contributed by atoms with Crippen molar-refractivity contribution in [1.82, 2.24) is 10.3 Å². The molecule has 1 N–H and O–H groups in total. The molecule has 0 unspecified atom stereocenters. The van der Waals surface area contributed by atoms with Crippen LogP contribution in [0.25, 0.3) is 0 Å². The normalized spacial score (nSPS) is 17.3. The molecule has 2 heterocycles. The highest BCUT2D eigenvalue weighted by Gasteiger charge is 2.33. The molecule has 0 radical (unpaired) electrons. The van der Waals surface area contributed by atoms with Gasteiger partial charge in [0.1, 0.15) is 5.82 Å². The fourth-order valence-corrected chi connectivity index (χ4v) is 1.90. The molecule has 1 saturated heterocycles. The van der Waals surface area contributed by atoms with Gasteiger partial charge in [0, 0.05) is 32.4 Å². The Morgan fingerprint density at radius 2 is 1.94 bits per heavy atom. The minimum atomic E-state index is -4.32. The highest BCUT2D eigenvalue weighted by Crippen LogP contribution is 2.32. The molecular formula is C11H14F3N3. The van der Waals surface area contributed by atoms with E-state index >= 15 is 0 Å². The second-order valence-electron chi connectivity index (χ2n) is 4.09. The van der Waals surface area contributed by atoms with Crippen molar-refractivity contribution in [2.75, 3.05) is 31.1 Å². The van der Waals surface area contributed by atoms with Gasteiger partial charge in [0.15, 0.2) is 0 Å². The zero-order chi connectivity index (χ0) is 12.5. The number of pyridine rings is 1. The van der Waals surface area contributed by atoms with Crippen LogP contribution >= 0.6 is 0 Å². The van der Waals surface area contributed by atoms with Gasteiger partial charge in [-0.15, -0.1) is 0 Å². The van der Waals surface area contributed by atoms with Gasteiger partial charge in [-0.3, -0.25) is 0 Å². The van der Waals surface area contributed by atoms with Crippen molar-refractivity contribution in [2.24, 2.45) is 0 Å². The number of hydrogen-bond donors (Lipinski definition) is 1. The lowest BCUT2D eigenvalue weighted by Gasteiger charge is -2.28. The van der Waals surface area contributed by atoms with Gasteiger partial charge in [-0.2, -0.15) is 13.2 Å². The molecule has 0 amide bonds. The average molecular weight is 245 g/mol. The summed E-state index contributed by atoms with van der Waals surface area (Å²) in [6.45, 7) is 4.69. The molecular weight excluding hydrogens is 231 g/mol. The first kappa shape index (κ1) is 12.2. The van der Waals surface area contributed by atoms with Crippen molar-refractivity contribution in [3.8, 4) is 0 Å². The maximum atomic E-state index is 12.6. The second-order valence-corrected chi connectivity index (χ2v) is 4.09. The van der Waals surface area contributed by atoms with E-state index in [4.69, 9.17) is 0 Å². The highest BCUT2D eigenvalue weighted by molar-refractivity contribution is 5.44. The lowest BCUT2D eigenvalue weighted by molar-refractivity contribution is -0.138. The molecule has 0 bridgehead atoms. The van der Waals surface area contributed by atoms with Gasteiger partial charge in [0.05, 0.1) is 5.56 Å². The first-order valence-electron chi connectivity index (χ1n) is 5.48. The number of hydrogen-bond acceptors (Lipinski definition) is 3. The number of rotatable bonds is 1. The number of aromatic nitrogens is 1.